The number of fused-ring (bicyclic) bond motifs is 1. The van der Waals surface area contributed by atoms with Crippen LogP contribution in [-0.4, -0.2) is 34.6 Å². The van der Waals surface area contributed by atoms with Gasteiger partial charge in [-0.15, -0.1) is 0 Å². The Labute approximate surface area is 176 Å². The minimum absolute atomic E-state index is 0.0967. The minimum Gasteiger partial charge on any atom is -0.454 e. The first-order valence-electron chi connectivity index (χ1n) is 9.39. The highest BCUT2D eigenvalue weighted by molar-refractivity contribution is 6.01. The van der Waals surface area contributed by atoms with Gasteiger partial charge in [-0.3, -0.25) is 14.9 Å². The normalized spacial score (nSPS) is 11.9. The molecule has 3 aromatic rings. The molecule has 0 spiro atoms. The number of esters is 1. The van der Waals surface area contributed by atoms with Crippen molar-refractivity contribution in [3.63, 3.8) is 0 Å². The monoisotopic (exact) mass is 422 g/mol. The predicted octanol–water partition coefficient (Wildman–Crippen LogP) is 3.77. The number of benzene rings is 2. The maximum absolute atomic E-state index is 12.7. The fourth-order valence-electron chi connectivity index (χ4n) is 3.55. The summed E-state index contributed by atoms with van der Waals surface area (Å²) in [6.45, 7) is 3.03. The van der Waals surface area contributed by atoms with Crippen LogP contribution >= 0.6 is 0 Å². The van der Waals surface area contributed by atoms with Gasteiger partial charge in [0.15, 0.2) is 18.1 Å². The van der Waals surface area contributed by atoms with E-state index in [1.54, 1.807) is 13.0 Å². The lowest BCUT2D eigenvalue weighted by atomic mass is 10.1. The maximum Gasteiger partial charge on any atom is 0.345 e. The molecule has 0 atom stereocenters. The molecule has 1 aromatic heterocycles. The van der Waals surface area contributed by atoms with Gasteiger partial charge in [0.25, 0.3) is 5.69 Å². The number of hydrogen-bond donors (Lipinski definition) is 0. The van der Waals surface area contributed by atoms with E-state index in [0.717, 1.165) is 17.4 Å². The molecule has 158 valence electrons. The number of para-hydroxylation sites is 1. The van der Waals surface area contributed by atoms with Crippen LogP contribution in [0.1, 0.15) is 32.1 Å². The van der Waals surface area contributed by atoms with Gasteiger partial charge in [-0.2, -0.15) is 0 Å². The average Bonchev–Trinajstić information content (AvgIpc) is 3.34. The lowest BCUT2D eigenvalue weighted by molar-refractivity contribution is -0.385. The van der Waals surface area contributed by atoms with Gasteiger partial charge in [-0.25, -0.2) is 4.79 Å². The number of hydrogen-bond acceptors (Lipinski definition) is 7. The highest BCUT2D eigenvalue weighted by Crippen LogP contribution is 2.38. The van der Waals surface area contributed by atoms with Crippen LogP contribution in [0, 0.1) is 24.0 Å². The fraction of sp³-hybridized carbons (Fsp3) is 0.182. The van der Waals surface area contributed by atoms with Crippen LogP contribution in [-0.2, 0) is 4.74 Å². The van der Waals surface area contributed by atoms with E-state index in [4.69, 9.17) is 14.2 Å². The number of nitrogens with zero attached hydrogens (tertiary/aromatic N) is 2. The Hall–Kier alpha value is -4.14. The molecule has 0 radical (unpaired) electrons. The van der Waals surface area contributed by atoms with Crippen molar-refractivity contribution in [3.05, 3.63) is 81.2 Å². The van der Waals surface area contributed by atoms with Gasteiger partial charge < -0.3 is 18.8 Å². The van der Waals surface area contributed by atoms with Crippen molar-refractivity contribution in [1.29, 1.82) is 0 Å². The lowest BCUT2D eigenvalue weighted by Crippen LogP contribution is -2.16. The molecule has 0 bridgehead atoms. The first-order chi connectivity index (χ1) is 14.9. The van der Waals surface area contributed by atoms with Crippen LogP contribution in [0.5, 0.6) is 11.5 Å². The number of carbonyl (C=O) groups is 2. The molecule has 0 fully saturated rings. The summed E-state index contributed by atoms with van der Waals surface area (Å²) >= 11 is 0. The third kappa shape index (κ3) is 3.73. The maximum atomic E-state index is 12.7. The standard InChI is InChI=1S/C22H18N2O7/c1-13-8-16(14(2)23(13)15-6-4-3-5-7-15)19(25)11-29-22(26)17-9-20-21(31-12-30-20)10-18(17)24(27)28/h3-10H,11-12H2,1-2H3. The number of Topliss-reactive ketones (excluding diaryl/α,β-unsaturated/α-hetero) is 1. The first kappa shape index (κ1) is 20.1. The van der Waals surface area contributed by atoms with Gasteiger partial charge in [0.05, 0.1) is 11.0 Å². The molecule has 2 aromatic carbocycles. The fourth-order valence-corrected chi connectivity index (χ4v) is 3.55. The van der Waals surface area contributed by atoms with E-state index >= 15 is 0 Å². The van der Waals surface area contributed by atoms with E-state index in [-0.39, 0.29) is 23.9 Å². The summed E-state index contributed by atoms with van der Waals surface area (Å²) in [4.78, 5) is 35.9. The number of aromatic nitrogens is 1. The highest BCUT2D eigenvalue weighted by Gasteiger charge is 2.29. The van der Waals surface area contributed by atoms with Crippen LogP contribution in [0.25, 0.3) is 5.69 Å². The molecule has 9 heteroatoms. The summed E-state index contributed by atoms with van der Waals surface area (Å²) in [5.74, 6) is -1.02. The molecule has 0 saturated carbocycles. The van der Waals surface area contributed by atoms with E-state index in [9.17, 15) is 19.7 Å². The van der Waals surface area contributed by atoms with E-state index in [1.165, 1.54) is 6.07 Å². The van der Waals surface area contributed by atoms with E-state index < -0.39 is 29.0 Å². The number of aryl methyl sites for hydroxylation is 1. The van der Waals surface area contributed by atoms with Crippen LogP contribution in [0.15, 0.2) is 48.5 Å². The number of ketones is 1. The Kier molecular flexibility index (Phi) is 5.16. The van der Waals surface area contributed by atoms with Crippen molar-refractivity contribution >= 4 is 17.4 Å². The molecular weight excluding hydrogens is 404 g/mol. The summed E-state index contributed by atoms with van der Waals surface area (Å²) in [6.07, 6.45) is 0. The Bertz CT molecular complexity index is 1200. The van der Waals surface area contributed by atoms with Gasteiger partial charge in [0, 0.05) is 28.7 Å². The second-order valence-electron chi connectivity index (χ2n) is 6.93. The van der Waals surface area contributed by atoms with Gasteiger partial charge in [-0.05, 0) is 32.0 Å². The summed E-state index contributed by atoms with van der Waals surface area (Å²) in [5, 5.41) is 11.3. The molecule has 0 saturated heterocycles. The molecule has 0 amide bonds. The van der Waals surface area contributed by atoms with Gasteiger partial charge >= 0.3 is 5.97 Å². The van der Waals surface area contributed by atoms with Crippen LogP contribution < -0.4 is 9.47 Å². The molecule has 9 nitrogen and oxygen atoms in total. The van der Waals surface area contributed by atoms with E-state index in [2.05, 4.69) is 0 Å². The predicted molar refractivity (Wildman–Crippen MR) is 109 cm³/mol. The average molecular weight is 422 g/mol. The number of nitro benzene ring substituents is 1. The summed E-state index contributed by atoms with van der Waals surface area (Å²) in [6, 6.07) is 13.6. The summed E-state index contributed by atoms with van der Waals surface area (Å²) in [5.41, 5.74) is 2.09. The Balaban J connectivity index is 1.54. The van der Waals surface area contributed by atoms with Gasteiger partial charge in [-0.1, -0.05) is 18.2 Å². The summed E-state index contributed by atoms with van der Waals surface area (Å²) in [7, 11) is 0. The second-order valence-corrected chi connectivity index (χ2v) is 6.93. The van der Waals surface area contributed by atoms with Crippen molar-refractivity contribution < 1.29 is 28.7 Å². The first-order valence-corrected chi connectivity index (χ1v) is 9.39. The zero-order valence-electron chi connectivity index (χ0n) is 16.8. The zero-order chi connectivity index (χ0) is 22.1. The van der Waals surface area contributed by atoms with Crippen molar-refractivity contribution in [2.75, 3.05) is 13.4 Å². The largest absolute Gasteiger partial charge is 0.454 e. The topological polar surface area (TPSA) is 110 Å². The lowest BCUT2D eigenvalue weighted by Gasteiger charge is -2.10. The molecule has 0 aliphatic carbocycles. The molecule has 1 aliphatic heterocycles. The third-order valence-electron chi connectivity index (χ3n) is 4.99. The van der Waals surface area contributed by atoms with Crippen molar-refractivity contribution in [3.8, 4) is 17.2 Å². The molecule has 0 unspecified atom stereocenters. The Morgan fingerprint density at radius 3 is 2.42 bits per heavy atom. The molecule has 31 heavy (non-hydrogen) atoms. The Morgan fingerprint density at radius 1 is 1.06 bits per heavy atom. The quantitative estimate of drug-likeness (QED) is 0.257. The minimum atomic E-state index is -0.991. The molecule has 4 rings (SSSR count). The molecule has 0 N–H and O–H groups in total. The summed E-state index contributed by atoms with van der Waals surface area (Å²) < 4.78 is 17.3. The third-order valence-corrected chi connectivity index (χ3v) is 4.99. The molecular formula is C22H18N2O7. The number of rotatable bonds is 6. The highest BCUT2D eigenvalue weighted by atomic mass is 16.7. The van der Waals surface area contributed by atoms with Crippen LogP contribution in [0.3, 0.4) is 0 Å². The number of carbonyl (C=O) groups excluding carboxylic acids is 2. The molecule has 2 heterocycles. The Morgan fingerprint density at radius 2 is 1.74 bits per heavy atom. The van der Waals surface area contributed by atoms with Crippen molar-refractivity contribution in [2.24, 2.45) is 0 Å². The SMILES string of the molecule is Cc1cc(C(=O)COC(=O)c2cc3c(cc2[N+](=O)[O-])OCO3)c(C)n1-c1ccccc1. The van der Waals surface area contributed by atoms with E-state index in [0.29, 0.717) is 11.3 Å². The molecule has 1 aliphatic rings. The van der Waals surface area contributed by atoms with Crippen LogP contribution in [0.4, 0.5) is 5.69 Å². The second kappa shape index (κ2) is 7.94. The zero-order valence-corrected chi connectivity index (χ0v) is 16.8. The van der Waals surface area contributed by atoms with Crippen LogP contribution in [0.2, 0.25) is 0 Å². The smallest absolute Gasteiger partial charge is 0.345 e. The number of ether oxygens (including phenoxy) is 3. The van der Waals surface area contributed by atoms with Crippen molar-refractivity contribution in [1.82, 2.24) is 4.57 Å². The van der Waals surface area contributed by atoms with E-state index in [1.807, 2.05) is 41.8 Å². The van der Waals surface area contributed by atoms with Gasteiger partial charge in [0.1, 0.15) is 5.56 Å². The van der Waals surface area contributed by atoms with Gasteiger partial charge in [0.2, 0.25) is 12.6 Å². The number of nitro groups is 1. The van der Waals surface area contributed by atoms with Crippen molar-refractivity contribution in [2.45, 2.75) is 13.8 Å².